The Kier molecular flexibility index (Phi) is 8.93. The highest BCUT2D eigenvalue weighted by Crippen LogP contribution is 2.23. The maximum atomic E-state index is 12.3. The number of hydrogen-bond donors (Lipinski definition) is 1. The molecular formula is C17H23NO5S. The minimum Gasteiger partial charge on any atom is -0.465 e. The second-order valence-electron chi connectivity index (χ2n) is 4.90. The minimum absolute atomic E-state index is 0.161. The third kappa shape index (κ3) is 6.62. The van der Waals surface area contributed by atoms with Crippen molar-refractivity contribution in [3.05, 3.63) is 35.9 Å². The number of carbonyl (C=O) groups excluding carboxylic acids is 3. The van der Waals surface area contributed by atoms with Gasteiger partial charge >= 0.3 is 11.9 Å². The Balaban J connectivity index is 2.95. The highest BCUT2D eigenvalue weighted by Gasteiger charge is 2.37. The SMILES string of the molecule is CCOC(=O)[C@@H](NC(C)=O)[C@@H](SCc1ccccc1)C(=O)OCC. The molecule has 132 valence electrons. The minimum atomic E-state index is -1.09. The standard InChI is InChI=1S/C17H23NO5S/c1-4-22-16(20)14(18-12(3)19)15(17(21)23-5-2)24-11-13-9-7-6-8-10-13/h6-10,14-15H,4-5,11H2,1-3H3,(H,18,19)/t14-,15+/m0/s1. The first-order chi connectivity index (χ1) is 11.5. The fourth-order valence-electron chi connectivity index (χ4n) is 1.99. The average molecular weight is 353 g/mol. The van der Waals surface area contributed by atoms with Crippen molar-refractivity contribution in [3.8, 4) is 0 Å². The predicted molar refractivity (Wildman–Crippen MR) is 92.4 cm³/mol. The van der Waals surface area contributed by atoms with Crippen LogP contribution in [0.4, 0.5) is 0 Å². The third-order valence-electron chi connectivity index (χ3n) is 2.99. The van der Waals surface area contributed by atoms with Gasteiger partial charge in [0, 0.05) is 12.7 Å². The Hall–Kier alpha value is -2.02. The van der Waals surface area contributed by atoms with Gasteiger partial charge in [-0.05, 0) is 19.4 Å². The smallest absolute Gasteiger partial charge is 0.330 e. The number of carbonyl (C=O) groups is 3. The molecule has 0 aromatic heterocycles. The van der Waals surface area contributed by atoms with Crippen LogP contribution in [0.5, 0.6) is 0 Å². The number of ether oxygens (including phenoxy) is 2. The summed E-state index contributed by atoms with van der Waals surface area (Å²) in [7, 11) is 0. The summed E-state index contributed by atoms with van der Waals surface area (Å²) in [5.41, 5.74) is 1.00. The predicted octanol–water partition coefficient (Wildman–Crippen LogP) is 1.92. The van der Waals surface area contributed by atoms with Gasteiger partial charge in [-0.3, -0.25) is 9.59 Å². The fourth-order valence-corrected chi connectivity index (χ4v) is 3.13. The van der Waals surface area contributed by atoms with Crippen molar-refractivity contribution in [1.29, 1.82) is 0 Å². The zero-order chi connectivity index (χ0) is 17.9. The third-order valence-corrected chi connectivity index (χ3v) is 4.32. The summed E-state index contributed by atoms with van der Waals surface area (Å²) in [6, 6.07) is 8.45. The van der Waals surface area contributed by atoms with Gasteiger partial charge in [-0.1, -0.05) is 30.3 Å². The Bertz CT molecular complexity index is 549. The molecule has 6 nitrogen and oxygen atoms in total. The first-order valence-corrected chi connectivity index (χ1v) is 8.80. The number of esters is 2. The molecule has 0 aliphatic rings. The molecule has 0 fully saturated rings. The van der Waals surface area contributed by atoms with Crippen LogP contribution >= 0.6 is 11.8 Å². The van der Waals surface area contributed by atoms with Crippen LogP contribution < -0.4 is 5.32 Å². The van der Waals surface area contributed by atoms with E-state index in [9.17, 15) is 14.4 Å². The van der Waals surface area contributed by atoms with Crippen molar-refractivity contribution in [2.75, 3.05) is 13.2 Å². The number of thioether (sulfide) groups is 1. The quantitative estimate of drug-likeness (QED) is 0.683. The van der Waals surface area contributed by atoms with Gasteiger partial charge in [0.15, 0.2) is 0 Å². The maximum absolute atomic E-state index is 12.3. The van der Waals surface area contributed by atoms with Gasteiger partial charge in [0.2, 0.25) is 5.91 Å². The van der Waals surface area contributed by atoms with E-state index in [4.69, 9.17) is 9.47 Å². The summed E-state index contributed by atoms with van der Waals surface area (Å²) in [6.45, 7) is 4.99. The molecule has 0 aliphatic carbocycles. The Morgan fingerprint density at radius 2 is 1.62 bits per heavy atom. The summed E-state index contributed by atoms with van der Waals surface area (Å²) >= 11 is 1.24. The normalized spacial score (nSPS) is 12.8. The summed E-state index contributed by atoms with van der Waals surface area (Å²) < 4.78 is 10.1. The highest BCUT2D eigenvalue weighted by atomic mass is 32.2. The van der Waals surface area contributed by atoms with Crippen molar-refractivity contribution in [3.63, 3.8) is 0 Å². The van der Waals surface area contributed by atoms with Crippen LogP contribution in [-0.4, -0.2) is 42.4 Å². The van der Waals surface area contributed by atoms with Gasteiger partial charge in [-0.25, -0.2) is 4.79 Å². The largest absolute Gasteiger partial charge is 0.465 e. The molecule has 1 aromatic carbocycles. The van der Waals surface area contributed by atoms with Crippen molar-refractivity contribution in [1.82, 2.24) is 5.32 Å². The van der Waals surface area contributed by atoms with Gasteiger partial charge in [0.25, 0.3) is 0 Å². The second kappa shape index (κ2) is 10.7. The van der Waals surface area contributed by atoms with Gasteiger partial charge in [0.1, 0.15) is 11.3 Å². The average Bonchev–Trinajstić information content (AvgIpc) is 2.55. The summed E-state index contributed by atoms with van der Waals surface area (Å²) in [5, 5.41) is 1.62. The maximum Gasteiger partial charge on any atom is 0.330 e. The molecular weight excluding hydrogens is 330 g/mol. The van der Waals surface area contributed by atoms with Gasteiger partial charge in [0.05, 0.1) is 13.2 Å². The van der Waals surface area contributed by atoms with E-state index in [1.54, 1.807) is 13.8 Å². The molecule has 0 unspecified atom stereocenters. The fraction of sp³-hybridized carbons (Fsp3) is 0.471. The molecule has 1 rings (SSSR count). The van der Waals surface area contributed by atoms with E-state index in [1.165, 1.54) is 18.7 Å². The zero-order valence-electron chi connectivity index (χ0n) is 14.1. The zero-order valence-corrected chi connectivity index (χ0v) is 14.9. The van der Waals surface area contributed by atoms with E-state index in [-0.39, 0.29) is 13.2 Å². The van der Waals surface area contributed by atoms with Crippen LogP contribution in [0.25, 0.3) is 0 Å². The first kappa shape index (κ1) is 20.0. The lowest BCUT2D eigenvalue weighted by molar-refractivity contribution is -0.152. The monoisotopic (exact) mass is 353 g/mol. The molecule has 1 aromatic rings. The van der Waals surface area contributed by atoms with Crippen LogP contribution in [0, 0.1) is 0 Å². The molecule has 0 saturated carbocycles. The van der Waals surface area contributed by atoms with Gasteiger partial charge in [-0.15, -0.1) is 11.8 Å². The van der Waals surface area contributed by atoms with Crippen molar-refractivity contribution in [2.45, 2.75) is 37.8 Å². The van der Waals surface area contributed by atoms with Crippen molar-refractivity contribution >= 4 is 29.6 Å². The molecule has 1 amide bonds. The van der Waals surface area contributed by atoms with Crippen LogP contribution in [-0.2, 0) is 29.6 Å². The van der Waals surface area contributed by atoms with Crippen LogP contribution in [0.15, 0.2) is 30.3 Å². The molecule has 0 saturated heterocycles. The van der Waals surface area contributed by atoms with Gasteiger partial charge < -0.3 is 14.8 Å². The molecule has 0 radical (unpaired) electrons. The number of benzene rings is 1. The van der Waals surface area contributed by atoms with Crippen LogP contribution in [0.2, 0.25) is 0 Å². The Labute approximate surface area is 146 Å². The van der Waals surface area contributed by atoms with E-state index < -0.39 is 29.1 Å². The lowest BCUT2D eigenvalue weighted by atomic mass is 10.2. The summed E-state index contributed by atoms with van der Waals surface area (Å²) in [5.74, 6) is -1.11. The molecule has 0 bridgehead atoms. The van der Waals surface area contributed by atoms with Crippen molar-refractivity contribution in [2.24, 2.45) is 0 Å². The van der Waals surface area contributed by atoms with E-state index in [0.29, 0.717) is 5.75 Å². The molecule has 7 heteroatoms. The Morgan fingerprint density at radius 1 is 1.04 bits per heavy atom. The van der Waals surface area contributed by atoms with E-state index in [1.807, 2.05) is 30.3 Å². The lowest BCUT2D eigenvalue weighted by Crippen LogP contribution is -2.51. The van der Waals surface area contributed by atoms with Crippen LogP contribution in [0.3, 0.4) is 0 Å². The van der Waals surface area contributed by atoms with Gasteiger partial charge in [-0.2, -0.15) is 0 Å². The molecule has 0 heterocycles. The lowest BCUT2D eigenvalue weighted by Gasteiger charge is -2.24. The van der Waals surface area contributed by atoms with Crippen molar-refractivity contribution < 1.29 is 23.9 Å². The molecule has 2 atom stereocenters. The molecule has 0 spiro atoms. The van der Waals surface area contributed by atoms with E-state index in [2.05, 4.69) is 5.32 Å². The number of rotatable bonds is 9. The van der Waals surface area contributed by atoms with Crippen LogP contribution in [0.1, 0.15) is 26.3 Å². The molecule has 24 heavy (non-hydrogen) atoms. The second-order valence-corrected chi connectivity index (χ2v) is 6.03. The topological polar surface area (TPSA) is 81.7 Å². The van der Waals surface area contributed by atoms with E-state index >= 15 is 0 Å². The Morgan fingerprint density at radius 3 is 2.17 bits per heavy atom. The first-order valence-electron chi connectivity index (χ1n) is 7.75. The highest BCUT2D eigenvalue weighted by molar-refractivity contribution is 7.99. The summed E-state index contributed by atoms with van der Waals surface area (Å²) in [6.07, 6.45) is 0. The summed E-state index contributed by atoms with van der Waals surface area (Å²) in [4.78, 5) is 35.9. The number of nitrogens with one attached hydrogen (secondary N) is 1. The molecule has 0 aliphatic heterocycles. The van der Waals surface area contributed by atoms with E-state index in [0.717, 1.165) is 5.56 Å². The molecule has 1 N–H and O–H groups in total. The number of amides is 1. The number of hydrogen-bond acceptors (Lipinski definition) is 6.